The minimum Gasteiger partial charge on any atom is -0.490 e. The largest absolute Gasteiger partial charge is 0.490 e. The second-order valence-electron chi connectivity index (χ2n) is 13.7. The molecule has 0 aromatic heterocycles. The van der Waals surface area contributed by atoms with Crippen LogP contribution in [0, 0.1) is 0 Å². The van der Waals surface area contributed by atoms with Gasteiger partial charge in [-0.1, -0.05) is 51.0 Å². The van der Waals surface area contributed by atoms with Gasteiger partial charge in [0, 0.05) is 13.2 Å². The first-order chi connectivity index (χ1) is 29.3. The lowest BCUT2D eigenvalue weighted by Gasteiger charge is -2.20. The van der Waals surface area contributed by atoms with Crippen molar-refractivity contribution < 1.29 is 77.6 Å². The number of hydrogen-bond acceptors (Lipinski definition) is 12. The highest BCUT2D eigenvalue weighted by Crippen LogP contribution is 2.21. The van der Waals surface area contributed by atoms with Crippen LogP contribution in [0.5, 0.6) is 11.5 Å². The van der Waals surface area contributed by atoms with Crippen molar-refractivity contribution in [1.82, 2.24) is 0 Å². The zero-order valence-electron chi connectivity index (χ0n) is 33.7. The first kappa shape index (κ1) is 46.9. The molecular formula is C45H48O16. The Morgan fingerprint density at radius 3 is 1.18 bits per heavy atom. The van der Waals surface area contributed by atoms with Crippen molar-refractivity contribution in [3.63, 3.8) is 0 Å². The molecule has 16 heteroatoms. The van der Waals surface area contributed by atoms with Crippen LogP contribution in [-0.2, 0) is 25.4 Å². The predicted octanol–water partition coefficient (Wildman–Crippen LogP) is 6.91. The molecule has 0 saturated heterocycles. The molecule has 4 rings (SSSR count). The van der Waals surface area contributed by atoms with Crippen molar-refractivity contribution in [2.75, 3.05) is 39.6 Å². The molecule has 0 saturated carbocycles. The quantitative estimate of drug-likeness (QED) is 0.0371. The second-order valence-corrected chi connectivity index (χ2v) is 13.7. The standard InChI is InChI=1S/C45H48O16/c1-3-5-19-56-24-34(60-44(54)36-17-11-30(40(46)47)22-38(36)42(50)51)26-58-32-13-7-28(8-14-32)21-29-9-15-33(16-10-29)59-27-35(25-57-20-6-4-2)61-45(55)37-18-12-31(41(48)49)23-39(37)43(52)53/h7-18,22-23,34-35H,3-6,19-21,24-27H2,1-2H3,(H,46,47)(H,48,49)(H,50,51)(H,52,53). The van der Waals surface area contributed by atoms with Gasteiger partial charge in [0.15, 0.2) is 12.2 Å². The fraction of sp³-hybridized carbons (Fsp3) is 0.333. The summed E-state index contributed by atoms with van der Waals surface area (Å²) < 4.78 is 34.3. The maximum absolute atomic E-state index is 13.1. The number of rotatable bonds is 26. The van der Waals surface area contributed by atoms with Crippen molar-refractivity contribution in [3.05, 3.63) is 129 Å². The van der Waals surface area contributed by atoms with E-state index in [0.29, 0.717) is 31.1 Å². The van der Waals surface area contributed by atoms with Crippen LogP contribution in [0.25, 0.3) is 0 Å². The number of aromatic carboxylic acids is 4. The van der Waals surface area contributed by atoms with Gasteiger partial charge in [-0.3, -0.25) is 0 Å². The van der Waals surface area contributed by atoms with Crippen molar-refractivity contribution in [3.8, 4) is 11.5 Å². The zero-order valence-corrected chi connectivity index (χ0v) is 33.7. The molecule has 0 fully saturated rings. The molecule has 324 valence electrons. The third-order valence-electron chi connectivity index (χ3n) is 9.00. The molecule has 0 radical (unpaired) electrons. The lowest BCUT2D eigenvalue weighted by Crippen LogP contribution is -2.30. The Balaban J connectivity index is 1.35. The summed E-state index contributed by atoms with van der Waals surface area (Å²) in [6, 6.07) is 20.7. The summed E-state index contributed by atoms with van der Waals surface area (Å²) in [4.78, 5) is 72.4. The summed E-state index contributed by atoms with van der Waals surface area (Å²) >= 11 is 0. The molecule has 0 aliphatic carbocycles. The Morgan fingerprint density at radius 2 is 0.852 bits per heavy atom. The van der Waals surface area contributed by atoms with Crippen LogP contribution in [0.15, 0.2) is 84.9 Å². The highest BCUT2D eigenvalue weighted by molar-refractivity contribution is 6.05. The summed E-state index contributed by atoms with van der Waals surface area (Å²) in [5.74, 6) is -6.62. The Kier molecular flexibility index (Phi) is 18.2. The molecule has 4 N–H and O–H groups in total. The fourth-order valence-corrected chi connectivity index (χ4v) is 5.67. The first-order valence-electron chi connectivity index (χ1n) is 19.5. The third kappa shape index (κ3) is 14.8. The van der Waals surface area contributed by atoms with Gasteiger partial charge in [0.05, 0.1) is 46.6 Å². The van der Waals surface area contributed by atoms with Gasteiger partial charge < -0.3 is 48.8 Å². The zero-order chi connectivity index (χ0) is 44.3. The van der Waals surface area contributed by atoms with E-state index in [0.717, 1.165) is 73.2 Å². The van der Waals surface area contributed by atoms with Crippen LogP contribution in [0.2, 0.25) is 0 Å². The van der Waals surface area contributed by atoms with Crippen molar-refractivity contribution >= 4 is 35.8 Å². The average molecular weight is 845 g/mol. The number of carboxylic acid groups (broad SMARTS) is 4. The summed E-state index contributed by atoms with van der Waals surface area (Å²) in [6.45, 7) is 4.56. The molecule has 0 heterocycles. The molecule has 2 atom stereocenters. The molecule has 2 unspecified atom stereocenters. The van der Waals surface area contributed by atoms with Gasteiger partial charge in [-0.2, -0.15) is 0 Å². The third-order valence-corrected chi connectivity index (χ3v) is 9.00. The molecule has 0 aliphatic rings. The van der Waals surface area contributed by atoms with Crippen molar-refractivity contribution in [1.29, 1.82) is 0 Å². The number of esters is 2. The number of unbranched alkanes of at least 4 members (excludes halogenated alkanes) is 2. The van der Waals surface area contributed by atoms with Gasteiger partial charge in [-0.15, -0.1) is 0 Å². The van der Waals surface area contributed by atoms with Gasteiger partial charge in [0.2, 0.25) is 0 Å². The van der Waals surface area contributed by atoms with E-state index in [1.165, 1.54) is 0 Å². The molecule has 16 nitrogen and oxygen atoms in total. The van der Waals surface area contributed by atoms with Crippen LogP contribution in [0.1, 0.15) is 113 Å². The molecule has 4 aromatic carbocycles. The van der Waals surface area contributed by atoms with E-state index in [2.05, 4.69) is 0 Å². The topological polar surface area (TPSA) is 239 Å². The maximum atomic E-state index is 13.1. The number of hydrogen-bond donors (Lipinski definition) is 4. The smallest absolute Gasteiger partial charge is 0.339 e. The van der Waals surface area contributed by atoms with Gasteiger partial charge in [0.25, 0.3) is 0 Å². The Hall–Kier alpha value is -6.78. The van der Waals surface area contributed by atoms with Crippen LogP contribution in [0.4, 0.5) is 0 Å². The van der Waals surface area contributed by atoms with Gasteiger partial charge in [0.1, 0.15) is 24.7 Å². The average Bonchev–Trinajstić information content (AvgIpc) is 3.25. The summed E-state index contributed by atoms with van der Waals surface area (Å²) in [6.07, 6.45) is 2.04. The number of carbonyl (C=O) groups excluding carboxylic acids is 2. The van der Waals surface area contributed by atoms with Crippen molar-refractivity contribution in [2.24, 2.45) is 0 Å². The van der Waals surface area contributed by atoms with Crippen LogP contribution in [0.3, 0.4) is 0 Å². The number of carbonyl (C=O) groups is 6. The molecular weight excluding hydrogens is 796 g/mol. The Labute approximate surface area is 351 Å². The van der Waals surface area contributed by atoms with Crippen LogP contribution < -0.4 is 9.47 Å². The first-order valence-corrected chi connectivity index (χ1v) is 19.5. The summed E-state index contributed by atoms with van der Waals surface area (Å²) in [7, 11) is 0. The normalized spacial score (nSPS) is 11.8. The molecule has 0 spiro atoms. The van der Waals surface area contributed by atoms with E-state index in [1.807, 2.05) is 38.1 Å². The second kappa shape index (κ2) is 23.7. The number of ether oxygens (including phenoxy) is 6. The fourth-order valence-electron chi connectivity index (χ4n) is 5.67. The van der Waals surface area contributed by atoms with Gasteiger partial charge in [-0.25, -0.2) is 28.8 Å². The number of carboxylic acids is 4. The number of benzene rings is 4. The molecule has 0 bridgehead atoms. The SMILES string of the molecule is CCCCOCC(COc1ccc(Cc2ccc(OCC(COCCCC)OC(=O)c3ccc(C(=O)O)cc3C(=O)O)cc2)cc1)OC(=O)c1ccc(C(=O)O)cc1C(=O)O. The predicted molar refractivity (Wildman–Crippen MR) is 217 cm³/mol. The molecule has 0 amide bonds. The molecule has 61 heavy (non-hydrogen) atoms. The van der Waals surface area contributed by atoms with E-state index < -0.39 is 59.2 Å². The minimum atomic E-state index is -1.48. The van der Waals surface area contributed by atoms with Crippen molar-refractivity contribution in [2.45, 2.75) is 58.2 Å². The Morgan fingerprint density at radius 1 is 0.475 bits per heavy atom. The summed E-state index contributed by atoms with van der Waals surface area (Å²) in [5, 5.41) is 37.7. The highest BCUT2D eigenvalue weighted by Gasteiger charge is 2.25. The van der Waals surface area contributed by atoms with E-state index in [4.69, 9.17) is 28.4 Å². The van der Waals surface area contributed by atoms with Gasteiger partial charge >= 0.3 is 35.8 Å². The van der Waals surface area contributed by atoms with E-state index in [9.17, 15) is 49.2 Å². The monoisotopic (exact) mass is 844 g/mol. The lowest BCUT2D eigenvalue weighted by molar-refractivity contribution is -0.0205. The van der Waals surface area contributed by atoms with E-state index in [1.54, 1.807) is 24.3 Å². The van der Waals surface area contributed by atoms with E-state index in [-0.39, 0.29) is 48.7 Å². The Bertz CT molecular complexity index is 1980. The molecule has 0 aliphatic heterocycles. The van der Waals surface area contributed by atoms with Crippen LogP contribution >= 0.6 is 0 Å². The lowest BCUT2D eigenvalue weighted by atomic mass is 10.0. The van der Waals surface area contributed by atoms with Crippen LogP contribution in [-0.4, -0.2) is 108 Å². The van der Waals surface area contributed by atoms with E-state index >= 15 is 0 Å². The summed E-state index contributed by atoms with van der Waals surface area (Å²) in [5.41, 5.74) is -0.302. The highest BCUT2D eigenvalue weighted by atomic mass is 16.6. The maximum Gasteiger partial charge on any atom is 0.339 e. The van der Waals surface area contributed by atoms with Gasteiger partial charge in [-0.05, 0) is 91.1 Å². The minimum absolute atomic E-state index is 0.0180. The molecule has 4 aromatic rings.